The third-order valence-electron chi connectivity index (χ3n) is 4.42. The molecule has 1 aromatic heterocycles. The summed E-state index contributed by atoms with van der Waals surface area (Å²) in [6.45, 7) is 4.40. The van der Waals surface area contributed by atoms with E-state index in [2.05, 4.69) is 5.32 Å². The minimum Gasteiger partial charge on any atom is -0.477 e. The summed E-state index contributed by atoms with van der Waals surface area (Å²) in [5.74, 6) is -2.46. The largest absolute Gasteiger partial charge is 0.477 e. The van der Waals surface area contributed by atoms with E-state index in [1.54, 1.807) is 26.0 Å². The normalized spacial score (nSPS) is 23.1. The topological polar surface area (TPSA) is 135 Å². The van der Waals surface area contributed by atoms with Crippen LogP contribution in [0, 0.1) is 0 Å². The van der Waals surface area contributed by atoms with Crippen LogP contribution < -0.4 is 5.32 Å². The highest BCUT2D eigenvalue weighted by Gasteiger charge is 2.67. The van der Waals surface area contributed by atoms with Crippen LogP contribution in [0.2, 0.25) is 0 Å². The Morgan fingerprint density at radius 3 is 2.73 bits per heavy atom. The molecule has 1 fully saturated rings. The van der Waals surface area contributed by atoms with Gasteiger partial charge in [0.1, 0.15) is 23.4 Å². The van der Waals surface area contributed by atoms with Gasteiger partial charge in [-0.3, -0.25) is 19.3 Å². The Morgan fingerprint density at radius 2 is 2.17 bits per heavy atom. The van der Waals surface area contributed by atoms with Crippen LogP contribution in [-0.4, -0.2) is 63.3 Å². The quantitative estimate of drug-likeness (QED) is 0.344. The molecule has 0 aliphatic carbocycles. The van der Waals surface area contributed by atoms with E-state index in [1.165, 1.54) is 24.9 Å². The molecule has 30 heavy (non-hydrogen) atoms. The summed E-state index contributed by atoms with van der Waals surface area (Å²) in [7, 11) is 0. The fourth-order valence-corrected chi connectivity index (χ4v) is 4.72. The number of carbonyl (C=O) groups is 4. The lowest BCUT2D eigenvalue weighted by Gasteiger charge is -2.56. The zero-order chi connectivity index (χ0) is 22.1. The number of nitrogens with one attached hydrogen (secondary N) is 1. The number of carbonyl (C=O) groups excluding carboxylic acids is 3. The first-order valence-electron chi connectivity index (χ1n) is 9.21. The highest BCUT2D eigenvalue weighted by Crippen LogP contribution is 2.47. The Morgan fingerprint density at radius 1 is 1.43 bits per heavy atom. The second-order valence-corrected chi connectivity index (χ2v) is 8.15. The molecule has 2 aliphatic rings. The number of thioether (sulfide) groups is 1. The summed E-state index contributed by atoms with van der Waals surface area (Å²) < 4.78 is 15.9. The molecule has 0 unspecified atom stereocenters. The van der Waals surface area contributed by atoms with Crippen LogP contribution in [0.3, 0.4) is 0 Å². The Labute approximate surface area is 176 Å². The summed E-state index contributed by atoms with van der Waals surface area (Å²) >= 11 is 1.23. The highest BCUT2D eigenvalue weighted by molar-refractivity contribution is 8.00. The van der Waals surface area contributed by atoms with Crippen LogP contribution in [0.15, 0.2) is 34.1 Å². The van der Waals surface area contributed by atoms with Crippen LogP contribution >= 0.6 is 11.8 Å². The van der Waals surface area contributed by atoms with Gasteiger partial charge in [0.25, 0.3) is 11.6 Å². The number of hydrogen-bond donors (Lipinski definition) is 2. The molecule has 2 aliphatic heterocycles. The molecule has 2 atom stereocenters. The van der Waals surface area contributed by atoms with Crippen LogP contribution in [0.1, 0.15) is 26.5 Å². The maximum Gasteiger partial charge on any atom is 0.352 e. The molecule has 0 bridgehead atoms. The van der Waals surface area contributed by atoms with Gasteiger partial charge < -0.3 is 24.3 Å². The van der Waals surface area contributed by atoms with Crippen molar-refractivity contribution >= 4 is 35.5 Å². The van der Waals surface area contributed by atoms with E-state index in [1.807, 2.05) is 0 Å². The van der Waals surface area contributed by atoms with Crippen LogP contribution in [0.25, 0.3) is 0 Å². The molecule has 3 heterocycles. The smallest absolute Gasteiger partial charge is 0.352 e. The number of hydrogen-bond acceptors (Lipinski definition) is 8. The van der Waals surface area contributed by atoms with Gasteiger partial charge in [-0.15, -0.1) is 11.8 Å². The molecule has 162 valence electrons. The third-order valence-corrected chi connectivity index (χ3v) is 5.80. The van der Waals surface area contributed by atoms with Crippen LogP contribution in [0.5, 0.6) is 0 Å². The zero-order valence-corrected chi connectivity index (χ0v) is 17.5. The number of carboxylic acids is 1. The van der Waals surface area contributed by atoms with Gasteiger partial charge >= 0.3 is 11.9 Å². The number of ether oxygens (including phenoxy) is 2. The number of aliphatic carboxylic acids is 1. The lowest BCUT2D eigenvalue weighted by atomic mass is 9.97. The van der Waals surface area contributed by atoms with Crippen molar-refractivity contribution in [2.24, 2.45) is 0 Å². The van der Waals surface area contributed by atoms with Crippen molar-refractivity contribution in [2.45, 2.75) is 44.4 Å². The van der Waals surface area contributed by atoms with Gasteiger partial charge in [0, 0.05) is 18.2 Å². The minimum absolute atomic E-state index is 0.0970. The van der Waals surface area contributed by atoms with Gasteiger partial charge in [-0.25, -0.2) is 4.79 Å². The lowest BCUT2D eigenvalue weighted by Crippen LogP contribution is -2.81. The lowest BCUT2D eigenvalue weighted by molar-refractivity contribution is -0.206. The summed E-state index contributed by atoms with van der Waals surface area (Å²) in [5.41, 5.74) is -1.66. The zero-order valence-electron chi connectivity index (χ0n) is 16.7. The number of fused-ring (bicyclic) bond motifs is 1. The van der Waals surface area contributed by atoms with Crippen molar-refractivity contribution in [3.8, 4) is 0 Å². The van der Waals surface area contributed by atoms with E-state index in [4.69, 9.17) is 13.9 Å². The number of furan rings is 1. The van der Waals surface area contributed by atoms with Crippen molar-refractivity contribution in [3.05, 3.63) is 35.4 Å². The predicted molar refractivity (Wildman–Crippen MR) is 104 cm³/mol. The van der Waals surface area contributed by atoms with Crippen molar-refractivity contribution in [2.75, 3.05) is 12.4 Å². The molecule has 1 saturated heterocycles. The van der Waals surface area contributed by atoms with E-state index >= 15 is 0 Å². The van der Waals surface area contributed by atoms with E-state index in [-0.39, 0.29) is 24.5 Å². The van der Waals surface area contributed by atoms with E-state index in [9.17, 15) is 24.3 Å². The monoisotopic (exact) mass is 438 g/mol. The second-order valence-electron chi connectivity index (χ2n) is 7.08. The SMILES string of the molecule is CC(=O)OCC1=C(C(=O)O)N2C(=O)[C@@](NC(=O)Cc3ccco3)(OC(C)C)[C@H]2SC1. The number of carboxylic acid groups (broad SMARTS) is 1. The van der Waals surface area contributed by atoms with Gasteiger partial charge in [-0.05, 0) is 26.0 Å². The minimum atomic E-state index is -1.70. The van der Waals surface area contributed by atoms with Gasteiger partial charge in [0.15, 0.2) is 0 Å². The molecule has 2 N–H and O–H groups in total. The molecule has 0 saturated carbocycles. The molecular formula is C19H22N2O8S. The first kappa shape index (κ1) is 21.9. The first-order chi connectivity index (χ1) is 14.2. The van der Waals surface area contributed by atoms with Crippen LogP contribution in [-0.2, 0) is 35.1 Å². The number of nitrogens with zero attached hydrogens (tertiary/aromatic N) is 1. The number of amides is 2. The molecule has 0 aromatic carbocycles. The Kier molecular flexibility index (Phi) is 6.22. The van der Waals surface area contributed by atoms with Crippen molar-refractivity contribution < 1.29 is 38.2 Å². The van der Waals surface area contributed by atoms with Crippen molar-refractivity contribution in [1.82, 2.24) is 10.2 Å². The Bertz CT molecular complexity index is 894. The molecule has 0 radical (unpaired) electrons. The van der Waals surface area contributed by atoms with Crippen LogP contribution in [0.4, 0.5) is 0 Å². The number of β-lactam (4-membered cyclic amide) rings is 1. The molecule has 2 amide bonds. The predicted octanol–water partition coefficient (Wildman–Crippen LogP) is 0.877. The maximum absolute atomic E-state index is 13.1. The number of rotatable bonds is 8. The summed E-state index contributed by atoms with van der Waals surface area (Å²) in [4.78, 5) is 49.7. The molecule has 1 aromatic rings. The molecule has 3 rings (SSSR count). The van der Waals surface area contributed by atoms with E-state index < -0.39 is 41.0 Å². The molecule has 11 heteroatoms. The van der Waals surface area contributed by atoms with Crippen molar-refractivity contribution in [1.29, 1.82) is 0 Å². The fourth-order valence-electron chi connectivity index (χ4n) is 3.34. The van der Waals surface area contributed by atoms with Crippen molar-refractivity contribution in [3.63, 3.8) is 0 Å². The molecule has 0 spiro atoms. The van der Waals surface area contributed by atoms with Gasteiger partial charge in [-0.2, -0.15) is 0 Å². The average molecular weight is 438 g/mol. The molecule has 10 nitrogen and oxygen atoms in total. The van der Waals surface area contributed by atoms with Gasteiger partial charge in [0.2, 0.25) is 5.91 Å². The first-order valence-corrected chi connectivity index (χ1v) is 10.3. The average Bonchev–Trinajstić information content (AvgIpc) is 3.16. The Balaban J connectivity index is 1.87. The maximum atomic E-state index is 13.1. The fraction of sp³-hybridized carbons (Fsp3) is 0.474. The molecular weight excluding hydrogens is 416 g/mol. The second kappa shape index (κ2) is 8.52. The summed E-state index contributed by atoms with van der Waals surface area (Å²) in [5, 5.41) is 11.5. The van der Waals surface area contributed by atoms with Gasteiger partial charge in [-0.1, -0.05) is 0 Å². The van der Waals surface area contributed by atoms with E-state index in [0.29, 0.717) is 11.3 Å². The number of esters is 1. The van der Waals surface area contributed by atoms with E-state index in [0.717, 1.165) is 4.90 Å². The highest BCUT2D eigenvalue weighted by atomic mass is 32.2. The summed E-state index contributed by atoms with van der Waals surface area (Å²) in [6.07, 6.45) is 0.922. The standard InChI is InChI=1S/C19H22N2O8S/c1-10(2)29-19(20-14(23)7-13-5-4-6-27-13)17(26)21-15(16(24)25)12(8-28-11(3)22)9-30-18(19)21/h4-6,10,18H,7-9H2,1-3H3,(H,20,23)(H,24,25)/t18-,19-/m1/s1. The summed E-state index contributed by atoms with van der Waals surface area (Å²) in [6, 6.07) is 3.27. The third kappa shape index (κ3) is 4.08. The Hall–Kier alpha value is -2.79. The van der Waals surface area contributed by atoms with Gasteiger partial charge in [0.05, 0.1) is 18.8 Å².